The molecule has 106 valence electrons. The van der Waals surface area contributed by atoms with Gasteiger partial charge in [-0.05, 0) is 31.6 Å². The Hall–Kier alpha value is 0.440. The maximum atomic E-state index is 6.31. The minimum absolute atomic E-state index is 0.517. The Morgan fingerprint density at radius 1 is 1.28 bits per heavy atom. The van der Waals surface area contributed by atoms with Crippen LogP contribution in [0.5, 0.6) is 0 Å². The third-order valence-corrected chi connectivity index (χ3v) is 6.58. The van der Waals surface area contributed by atoms with Crippen LogP contribution in [0.15, 0.2) is 0 Å². The lowest BCUT2D eigenvalue weighted by molar-refractivity contribution is -0.111. The lowest BCUT2D eigenvalue weighted by Gasteiger charge is -2.51. The second kappa shape index (κ2) is 6.74. The highest BCUT2D eigenvalue weighted by atomic mass is 79.9. The maximum Gasteiger partial charge on any atom is 0.0653 e. The van der Waals surface area contributed by atoms with Gasteiger partial charge >= 0.3 is 0 Å². The zero-order valence-corrected chi connectivity index (χ0v) is 13.7. The van der Waals surface area contributed by atoms with Crippen molar-refractivity contribution in [3.05, 3.63) is 0 Å². The van der Waals surface area contributed by atoms with Crippen molar-refractivity contribution in [2.45, 2.75) is 82.6 Å². The van der Waals surface area contributed by atoms with Crippen LogP contribution < -0.4 is 0 Å². The summed E-state index contributed by atoms with van der Waals surface area (Å²) in [4.78, 5) is 0.730. The molecule has 0 saturated heterocycles. The third-order valence-electron chi connectivity index (χ3n) is 5.30. The van der Waals surface area contributed by atoms with E-state index in [4.69, 9.17) is 4.74 Å². The largest absolute Gasteiger partial charge is 0.377 e. The Morgan fingerprint density at radius 2 is 2.00 bits per heavy atom. The summed E-state index contributed by atoms with van der Waals surface area (Å²) in [5.41, 5.74) is 0.517. The Morgan fingerprint density at radius 3 is 2.56 bits per heavy atom. The van der Waals surface area contributed by atoms with Crippen LogP contribution in [0, 0.1) is 11.3 Å². The van der Waals surface area contributed by atoms with E-state index in [0.717, 1.165) is 17.4 Å². The van der Waals surface area contributed by atoms with Crippen molar-refractivity contribution in [2.24, 2.45) is 11.3 Å². The molecule has 1 spiro atoms. The fourth-order valence-corrected chi connectivity index (χ4v) is 4.84. The van der Waals surface area contributed by atoms with Crippen LogP contribution in [-0.4, -0.2) is 17.5 Å². The number of rotatable bonds is 7. The summed E-state index contributed by atoms with van der Waals surface area (Å²) in [7, 11) is 0. The first kappa shape index (κ1) is 14.8. The lowest BCUT2D eigenvalue weighted by Crippen LogP contribution is -2.54. The van der Waals surface area contributed by atoms with Gasteiger partial charge in [-0.2, -0.15) is 0 Å². The molecule has 2 fully saturated rings. The molecule has 0 aromatic carbocycles. The topological polar surface area (TPSA) is 9.23 Å². The van der Waals surface area contributed by atoms with Gasteiger partial charge in [0.15, 0.2) is 0 Å². The van der Waals surface area contributed by atoms with Crippen molar-refractivity contribution in [2.75, 3.05) is 6.61 Å². The summed E-state index contributed by atoms with van der Waals surface area (Å²) < 4.78 is 6.31. The van der Waals surface area contributed by atoms with E-state index in [2.05, 4.69) is 29.8 Å². The van der Waals surface area contributed by atoms with E-state index >= 15 is 0 Å². The summed E-state index contributed by atoms with van der Waals surface area (Å²) in [5.74, 6) is 0.790. The van der Waals surface area contributed by atoms with Gasteiger partial charge in [0.05, 0.1) is 6.10 Å². The SMILES string of the molecule is CCCCC(CC)COC1CC(Br)C12CCCC2. The molecule has 2 aliphatic carbocycles. The first-order valence-electron chi connectivity index (χ1n) is 7.98. The average Bonchev–Trinajstić information content (AvgIpc) is 2.90. The first-order valence-corrected chi connectivity index (χ1v) is 8.90. The summed E-state index contributed by atoms with van der Waals surface area (Å²) in [6, 6.07) is 0. The number of hydrogen-bond donors (Lipinski definition) is 0. The van der Waals surface area contributed by atoms with Gasteiger partial charge in [0.25, 0.3) is 0 Å². The van der Waals surface area contributed by atoms with Crippen molar-refractivity contribution in [1.82, 2.24) is 0 Å². The maximum absolute atomic E-state index is 6.31. The molecule has 0 bridgehead atoms. The monoisotopic (exact) mass is 316 g/mol. The fraction of sp³-hybridized carbons (Fsp3) is 1.00. The highest BCUT2D eigenvalue weighted by Gasteiger charge is 2.55. The standard InChI is InChI=1S/C16H29BrO/c1-3-5-8-13(4-2)12-18-15-11-14(17)16(15)9-6-7-10-16/h13-15H,3-12H2,1-2H3. The van der Waals surface area contributed by atoms with Gasteiger partial charge in [-0.1, -0.05) is 61.9 Å². The zero-order valence-electron chi connectivity index (χ0n) is 12.1. The summed E-state index contributed by atoms with van der Waals surface area (Å²) in [6.45, 7) is 5.59. The summed E-state index contributed by atoms with van der Waals surface area (Å²) in [6.07, 6.45) is 12.7. The van der Waals surface area contributed by atoms with Crippen molar-refractivity contribution in [3.8, 4) is 0 Å². The molecule has 2 rings (SSSR count). The van der Waals surface area contributed by atoms with Gasteiger partial charge in [-0.25, -0.2) is 0 Å². The van der Waals surface area contributed by atoms with E-state index in [9.17, 15) is 0 Å². The van der Waals surface area contributed by atoms with Crippen molar-refractivity contribution in [3.63, 3.8) is 0 Å². The Kier molecular flexibility index (Phi) is 5.56. The molecule has 0 aromatic rings. The second-order valence-corrected chi connectivity index (χ2v) is 7.49. The normalized spacial score (nSPS) is 31.5. The van der Waals surface area contributed by atoms with E-state index < -0.39 is 0 Å². The quantitative estimate of drug-likeness (QED) is 0.578. The van der Waals surface area contributed by atoms with Crippen LogP contribution in [0.4, 0.5) is 0 Å². The van der Waals surface area contributed by atoms with Gasteiger partial charge in [-0.15, -0.1) is 0 Å². The molecule has 2 aliphatic rings. The third kappa shape index (κ3) is 2.95. The predicted octanol–water partition coefficient (Wildman–Crippen LogP) is 5.32. The zero-order chi connectivity index (χ0) is 13.0. The molecule has 0 heterocycles. The minimum Gasteiger partial charge on any atom is -0.377 e. The first-order chi connectivity index (χ1) is 8.73. The molecule has 2 saturated carbocycles. The molecular formula is C16H29BrO. The van der Waals surface area contributed by atoms with E-state index in [-0.39, 0.29) is 0 Å². The average molecular weight is 317 g/mol. The molecular weight excluding hydrogens is 288 g/mol. The number of alkyl halides is 1. The second-order valence-electron chi connectivity index (χ2n) is 6.38. The van der Waals surface area contributed by atoms with Gasteiger partial charge < -0.3 is 4.74 Å². The van der Waals surface area contributed by atoms with Gasteiger partial charge in [0.2, 0.25) is 0 Å². The number of ether oxygens (including phenoxy) is 1. The molecule has 18 heavy (non-hydrogen) atoms. The van der Waals surface area contributed by atoms with Crippen molar-refractivity contribution < 1.29 is 4.74 Å². The molecule has 3 atom stereocenters. The highest BCUT2D eigenvalue weighted by Crippen LogP contribution is 2.57. The molecule has 0 aromatic heterocycles. The molecule has 0 amide bonds. The van der Waals surface area contributed by atoms with Crippen LogP contribution in [-0.2, 0) is 4.74 Å². The van der Waals surface area contributed by atoms with E-state index in [1.54, 1.807) is 0 Å². The van der Waals surface area contributed by atoms with Crippen LogP contribution in [0.25, 0.3) is 0 Å². The number of hydrogen-bond acceptors (Lipinski definition) is 1. The molecule has 1 nitrogen and oxygen atoms in total. The van der Waals surface area contributed by atoms with Gasteiger partial charge in [0, 0.05) is 16.8 Å². The number of unbranched alkanes of at least 4 members (excludes halogenated alkanes) is 1. The summed E-state index contributed by atoms with van der Waals surface area (Å²) >= 11 is 3.87. The molecule has 0 radical (unpaired) electrons. The molecule has 0 N–H and O–H groups in total. The van der Waals surface area contributed by atoms with Gasteiger partial charge in [0.1, 0.15) is 0 Å². The Bertz CT molecular complexity index is 247. The molecule has 2 heteroatoms. The molecule has 0 aliphatic heterocycles. The van der Waals surface area contributed by atoms with Crippen LogP contribution in [0.3, 0.4) is 0 Å². The lowest BCUT2D eigenvalue weighted by atomic mass is 9.64. The van der Waals surface area contributed by atoms with Gasteiger partial charge in [-0.3, -0.25) is 0 Å². The predicted molar refractivity (Wildman–Crippen MR) is 81.3 cm³/mol. The van der Waals surface area contributed by atoms with E-state index in [0.29, 0.717) is 11.5 Å². The van der Waals surface area contributed by atoms with E-state index in [1.807, 2.05) is 0 Å². The van der Waals surface area contributed by atoms with Crippen LogP contribution >= 0.6 is 15.9 Å². The van der Waals surface area contributed by atoms with Crippen molar-refractivity contribution in [1.29, 1.82) is 0 Å². The smallest absolute Gasteiger partial charge is 0.0653 e. The minimum atomic E-state index is 0.517. The molecule has 3 unspecified atom stereocenters. The Labute approximate surface area is 121 Å². The fourth-order valence-electron chi connectivity index (χ4n) is 3.75. The number of halogens is 1. The highest BCUT2D eigenvalue weighted by molar-refractivity contribution is 9.09. The van der Waals surface area contributed by atoms with Crippen molar-refractivity contribution >= 4 is 15.9 Å². The van der Waals surface area contributed by atoms with Crippen LogP contribution in [0.1, 0.15) is 71.6 Å². The van der Waals surface area contributed by atoms with Crippen LogP contribution in [0.2, 0.25) is 0 Å². The van der Waals surface area contributed by atoms with E-state index in [1.165, 1.54) is 57.8 Å². The summed E-state index contributed by atoms with van der Waals surface area (Å²) in [5, 5.41) is 0. The Balaban J connectivity index is 1.76.